The molecule has 0 aromatic carbocycles. The Kier molecular flexibility index (Phi) is 3.45. The quantitative estimate of drug-likeness (QED) is 0.602. The van der Waals surface area contributed by atoms with Gasteiger partial charge in [-0.15, -0.1) is 0 Å². The van der Waals surface area contributed by atoms with Gasteiger partial charge in [-0.05, 0) is 6.42 Å². The molecule has 92 valence electrons. The number of hydrogen-bond donors (Lipinski definition) is 3. The van der Waals surface area contributed by atoms with Crippen molar-refractivity contribution in [1.29, 1.82) is 0 Å². The molecular weight excluding hydrogens is 235 g/mol. The summed E-state index contributed by atoms with van der Waals surface area (Å²) >= 11 is 0. The van der Waals surface area contributed by atoms with E-state index in [1.165, 1.54) is 6.92 Å². The fraction of sp³-hybridized carbons (Fsp3) is 0.778. The zero-order valence-corrected chi connectivity index (χ0v) is 9.81. The van der Waals surface area contributed by atoms with E-state index < -0.39 is 30.6 Å². The Morgan fingerprint density at radius 3 is 2.31 bits per heavy atom. The highest BCUT2D eigenvalue weighted by molar-refractivity contribution is 7.58. The summed E-state index contributed by atoms with van der Waals surface area (Å²) in [5.74, 6) is -3.01. The molecule has 7 heteroatoms. The van der Waals surface area contributed by atoms with Gasteiger partial charge in [-0.2, -0.15) is 0 Å². The first kappa shape index (κ1) is 13.2. The minimum absolute atomic E-state index is 0.0424. The summed E-state index contributed by atoms with van der Waals surface area (Å²) < 4.78 is 11.6. The third kappa shape index (κ3) is 2.83. The van der Waals surface area contributed by atoms with Crippen molar-refractivity contribution >= 4 is 19.3 Å². The Bertz CT molecular complexity index is 365. The van der Waals surface area contributed by atoms with Crippen molar-refractivity contribution in [2.75, 3.05) is 12.3 Å². The molecule has 3 unspecified atom stereocenters. The van der Waals surface area contributed by atoms with Crippen molar-refractivity contribution in [2.45, 2.75) is 19.8 Å². The van der Waals surface area contributed by atoms with Crippen molar-refractivity contribution in [3.63, 3.8) is 0 Å². The Balaban J connectivity index is 2.80. The van der Waals surface area contributed by atoms with E-state index >= 15 is 0 Å². The predicted octanol–water partition coefficient (Wildman–Crippen LogP) is 0.842. The topological polar surface area (TPSA) is 112 Å². The molecule has 1 aliphatic carbocycles. The monoisotopic (exact) mass is 250 g/mol. The summed E-state index contributed by atoms with van der Waals surface area (Å²) in [6.45, 7) is 1.54. The SMILES string of the molecule is CCP(=O)(O)CC1(CC(=O)O)CC1C(=O)O. The summed E-state index contributed by atoms with van der Waals surface area (Å²) in [6.07, 6.45) is -0.339. The number of hydrogen-bond acceptors (Lipinski definition) is 3. The van der Waals surface area contributed by atoms with E-state index in [9.17, 15) is 19.0 Å². The maximum Gasteiger partial charge on any atom is 0.307 e. The second-order valence-electron chi connectivity index (χ2n) is 4.35. The van der Waals surface area contributed by atoms with Crippen molar-refractivity contribution in [2.24, 2.45) is 11.3 Å². The third-order valence-electron chi connectivity index (χ3n) is 3.05. The lowest BCUT2D eigenvalue weighted by Crippen LogP contribution is -2.19. The predicted molar refractivity (Wildman–Crippen MR) is 55.7 cm³/mol. The number of aliphatic carboxylic acids is 2. The van der Waals surface area contributed by atoms with Crippen LogP contribution in [-0.2, 0) is 14.2 Å². The van der Waals surface area contributed by atoms with Crippen LogP contribution in [0.3, 0.4) is 0 Å². The van der Waals surface area contributed by atoms with E-state index in [4.69, 9.17) is 10.2 Å². The second-order valence-corrected chi connectivity index (χ2v) is 6.99. The van der Waals surface area contributed by atoms with Gasteiger partial charge in [0, 0.05) is 17.7 Å². The van der Waals surface area contributed by atoms with E-state index in [0.29, 0.717) is 0 Å². The molecule has 0 aliphatic heterocycles. The van der Waals surface area contributed by atoms with Gasteiger partial charge in [0.1, 0.15) is 0 Å². The molecule has 0 aromatic heterocycles. The minimum Gasteiger partial charge on any atom is -0.481 e. The van der Waals surface area contributed by atoms with E-state index in [1.54, 1.807) is 0 Å². The second kappa shape index (κ2) is 4.18. The van der Waals surface area contributed by atoms with Crippen LogP contribution in [-0.4, -0.2) is 39.4 Å². The van der Waals surface area contributed by atoms with Gasteiger partial charge in [0.25, 0.3) is 0 Å². The molecule has 16 heavy (non-hydrogen) atoms. The molecule has 0 heterocycles. The zero-order valence-electron chi connectivity index (χ0n) is 8.92. The first-order valence-corrected chi connectivity index (χ1v) is 7.01. The lowest BCUT2D eigenvalue weighted by atomic mass is 10.0. The first-order valence-electron chi connectivity index (χ1n) is 4.98. The maximum atomic E-state index is 11.6. The minimum atomic E-state index is -3.39. The molecule has 1 saturated carbocycles. The number of carboxylic acid groups (broad SMARTS) is 2. The number of carbonyl (C=O) groups is 2. The van der Waals surface area contributed by atoms with Crippen LogP contribution < -0.4 is 0 Å². The van der Waals surface area contributed by atoms with Crippen LogP contribution in [0.1, 0.15) is 19.8 Å². The van der Waals surface area contributed by atoms with Gasteiger partial charge in [-0.3, -0.25) is 14.2 Å². The number of rotatable bonds is 6. The van der Waals surface area contributed by atoms with Gasteiger partial charge in [-0.1, -0.05) is 6.92 Å². The lowest BCUT2D eigenvalue weighted by Gasteiger charge is -2.17. The molecule has 6 nitrogen and oxygen atoms in total. The molecule has 0 spiro atoms. The average Bonchev–Trinajstić information content (AvgIpc) is 2.77. The highest BCUT2D eigenvalue weighted by Gasteiger charge is 2.61. The fourth-order valence-electron chi connectivity index (χ4n) is 2.03. The normalized spacial score (nSPS) is 31.8. The van der Waals surface area contributed by atoms with Crippen LogP contribution in [0.5, 0.6) is 0 Å². The highest BCUT2D eigenvalue weighted by atomic mass is 31.2. The Morgan fingerprint density at radius 1 is 1.44 bits per heavy atom. The van der Waals surface area contributed by atoms with Gasteiger partial charge < -0.3 is 15.1 Å². The summed E-state index contributed by atoms with van der Waals surface area (Å²) in [5, 5.41) is 17.5. The number of carboxylic acids is 2. The standard InChI is InChI=1S/C9H15O6P/c1-2-16(14,15)5-9(4-7(10)11)3-6(9)8(12)13/h6H,2-5H2,1H3,(H,10,11)(H,12,13)(H,14,15). The van der Waals surface area contributed by atoms with E-state index in [-0.39, 0.29) is 25.2 Å². The van der Waals surface area contributed by atoms with Crippen molar-refractivity contribution in [3.05, 3.63) is 0 Å². The molecule has 3 atom stereocenters. The van der Waals surface area contributed by atoms with Crippen LogP contribution in [0.4, 0.5) is 0 Å². The molecule has 1 aliphatic rings. The van der Waals surface area contributed by atoms with Crippen LogP contribution in [0.2, 0.25) is 0 Å². The molecule has 1 rings (SSSR count). The van der Waals surface area contributed by atoms with Crippen molar-refractivity contribution < 1.29 is 29.3 Å². The van der Waals surface area contributed by atoms with E-state index in [1.807, 2.05) is 0 Å². The van der Waals surface area contributed by atoms with E-state index in [0.717, 1.165) is 0 Å². The Morgan fingerprint density at radius 2 is 2.00 bits per heavy atom. The van der Waals surface area contributed by atoms with Crippen LogP contribution in [0.25, 0.3) is 0 Å². The van der Waals surface area contributed by atoms with Gasteiger partial charge in [0.2, 0.25) is 7.37 Å². The maximum absolute atomic E-state index is 11.6. The molecule has 1 fully saturated rings. The molecule has 0 aromatic rings. The molecule has 0 bridgehead atoms. The summed E-state index contributed by atoms with van der Waals surface area (Å²) in [5.41, 5.74) is -1.02. The molecule has 3 N–H and O–H groups in total. The largest absolute Gasteiger partial charge is 0.481 e. The molecule has 0 radical (unpaired) electrons. The smallest absolute Gasteiger partial charge is 0.307 e. The Hall–Kier alpha value is -0.870. The van der Waals surface area contributed by atoms with Gasteiger partial charge >= 0.3 is 11.9 Å². The summed E-state index contributed by atoms with van der Waals surface area (Å²) in [6, 6.07) is 0. The molecule has 0 saturated heterocycles. The fourth-order valence-corrected chi connectivity index (χ4v) is 3.70. The van der Waals surface area contributed by atoms with E-state index in [2.05, 4.69) is 0 Å². The van der Waals surface area contributed by atoms with Gasteiger partial charge in [0.15, 0.2) is 0 Å². The zero-order chi connectivity index (χ0) is 12.6. The van der Waals surface area contributed by atoms with Gasteiger partial charge in [-0.25, -0.2) is 0 Å². The van der Waals surface area contributed by atoms with Crippen molar-refractivity contribution in [3.8, 4) is 0 Å². The molecular formula is C9H15O6P. The highest BCUT2D eigenvalue weighted by Crippen LogP contribution is 2.62. The van der Waals surface area contributed by atoms with Crippen LogP contribution in [0, 0.1) is 11.3 Å². The van der Waals surface area contributed by atoms with Crippen LogP contribution in [0.15, 0.2) is 0 Å². The van der Waals surface area contributed by atoms with Crippen molar-refractivity contribution in [1.82, 2.24) is 0 Å². The average molecular weight is 250 g/mol. The molecule has 0 amide bonds. The third-order valence-corrected chi connectivity index (χ3v) is 5.16. The van der Waals surface area contributed by atoms with Gasteiger partial charge in [0.05, 0.1) is 12.3 Å². The lowest BCUT2D eigenvalue weighted by molar-refractivity contribution is -0.140. The first-order chi connectivity index (χ1) is 7.22. The Labute approximate surface area is 92.7 Å². The van der Waals surface area contributed by atoms with Crippen LogP contribution >= 0.6 is 7.37 Å². The summed E-state index contributed by atoms with van der Waals surface area (Å²) in [7, 11) is -3.39. The summed E-state index contributed by atoms with van der Waals surface area (Å²) in [4.78, 5) is 30.9.